The van der Waals surface area contributed by atoms with Crippen LogP contribution in [-0.2, 0) is 63.7 Å². The summed E-state index contributed by atoms with van der Waals surface area (Å²) in [4.78, 5) is 163. The number of hydrogen-bond donors (Lipinski definition) is 13. The monoisotopic (exact) mass is 1270 g/mol. The number of anilines is 1. The van der Waals surface area contributed by atoms with Gasteiger partial charge in [-0.05, 0) is 83.6 Å². The Morgan fingerprint density at radius 2 is 1.25 bits per heavy atom. The number of amides is 8. The van der Waals surface area contributed by atoms with Gasteiger partial charge in [0, 0.05) is 31.9 Å². The van der Waals surface area contributed by atoms with Crippen molar-refractivity contribution in [3.63, 3.8) is 0 Å². The zero-order valence-electron chi connectivity index (χ0n) is 50.1. The van der Waals surface area contributed by atoms with E-state index in [1.165, 1.54) is 6.92 Å². The number of halogens is 3. The quantitative estimate of drug-likeness (QED) is 0.0473. The molecule has 1 aromatic heterocycles. The van der Waals surface area contributed by atoms with Crippen molar-refractivity contribution in [2.24, 2.45) is 5.92 Å². The minimum atomic E-state index is -4.84. The molecule has 1 aromatic rings. The van der Waals surface area contributed by atoms with Crippen molar-refractivity contribution in [3.05, 3.63) is 17.5 Å². The van der Waals surface area contributed by atoms with Crippen LogP contribution in [0, 0.1) is 12.8 Å². The number of carboxylic acids is 2. The maximum absolute atomic E-state index is 14.5. The number of esters is 1. The van der Waals surface area contributed by atoms with Gasteiger partial charge in [0.25, 0.3) is 0 Å². The summed E-state index contributed by atoms with van der Waals surface area (Å²) in [7, 11) is 0. The number of aliphatic carboxylic acids is 2. The fourth-order valence-electron chi connectivity index (χ4n) is 11.2. The van der Waals surface area contributed by atoms with Gasteiger partial charge in [0.2, 0.25) is 53.2 Å². The maximum Gasteiger partial charge on any atom is 0.433 e. The third-order valence-electron chi connectivity index (χ3n) is 15.9. The molecule has 4 aliphatic rings. The van der Waals surface area contributed by atoms with Gasteiger partial charge in [0.15, 0.2) is 18.2 Å². The van der Waals surface area contributed by atoms with Crippen LogP contribution in [0.3, 0.4) is 0 Å². The van der Waals surface area contributed by atoms with Crippen LogP contribution in [0.1, 0.15) is 141 Å². The van der Waals surface area contributed by atoms with Crippen molar-refractivity contribution in [1.82, 2.24) is 51.3 Å². The van der Waals surface area contributed by atoms with Crippen molar-refractivity contribution in [1.29, 1.82) is 0 Å². The van der Waals surface area contributed by atoms with Crippen LogP contribution in [0.4, 0.5) is 19.1 Å². The Balaban J connectivity index is 1.53. The number of ether oxygens (including phenoxy) is 1. The topological polar surface area (TPSA) is 446 Å². The zero-order valence-corrected chi connectivity index (χ0v) is 50.1. The summed E-state index contributed by atoms with van der Waals surface area (Å²) in [5, 5.41) is 88.0. The minimum Gasteiger partial charge on any atom is -0.479 e. The SMILES string of the molecule is Cc1cc(C(F)(F)F)nc(NCCCC2NC(=O)[C@@H]3CCCN3C(=O)[C@H]3CCCN3C(=O)C([C@H](C)O)NC(=O)[C@@H]([C@@H](O)C(=O)O)NC(=O)C[C@@H](CCCCCCCCCC(C)C)OC(=O)[C@H]([C@H](O)C(=O)O)NC(=O)[C@@H]3[C@@H](O)CCN3C(=O)[C@@H](CO)NC2=O)n1. The summed E-state index contributed by atoms with van der Waals surface area (Å²) in [6.45, 7) is 4.48. The van der Waals surface area contributed by atoms with Gasteiger partial charge in [-0.3, -0.25) is 38.4 Å². The molecule has 4 aliphatic heterocycles. The van der Waals surface area contributed by atoms with Gasteiger partial charge in [-0.15, -0.1) is 0 Å². The number of rotatable bonds is 21. The summed E-state index contributed by atoms with van der Waals surface area (Å²) in [5.41, 5.74) is -1.30. The molecule has 0 spiro atoms. The van der Waals surface area contributed by atoms with Crippen LogP contribution in [0.2, 0.25) is 0 Å². The van der Waals surface area contributed by atoms with Crippen LogP contribution in [0.15, 0.2) is 6.07 Å². The molecule has 5 rings (SSSR count). The number of aromatic nitrogens is 2. The number of aryl methyl sites for hydroxylation is 1. The number of carbonyl (C=O) groups is 11. The van der Waals surface area contributed by atoms with Crippen molar-refractivity contribution in [2.75, 3.05) is 38.1 Å². The van der Waals surface area contributed by atoms with E-state index in [9.17, 15) is 102 Å². The molecular weight excluding hydrogens is 1190 g/mol. The average Bonchev–Trinajstić information content (AvgIpc) is 2.18. The molecule has 0 bridgehead atoms. The van der Waals surface area contributed by atoms with Crippen LogP contribution in [0.5, 0.6) is 0 Å². The molecular formula is C56H84F3N11O19. The molecule has 0 radical (unpaired) electrons. The van der Waals surface area contributed by atoms with Crippen LogP contribution in [-0.4, -0.2) is 237 Å². The Morgan fingerprint density at radius 3 is 1.85 bits per heavy atom. The predicted molar refractivity (Wildman–Crippen MR) is 302 cm³/mol. The van der Waals surface area contributed by atoms with Gasteiger partial charge < -0.3 is 87.1 Å². The molecule has 33 heteroatoms. The number of fused-ring (bicyclic) bond motifs is 3. The molecule has 498 valence electrons. The second-order valence-corrected chi connectivity index (χ2v) is 23.3. The summed E-state index contributed by atoms with van der Waals surface area (Å²) in [6, 6.07) is -14.6. The van der Waals surface area contributed by atoms with E-state index in [-0.39, 0.29) is 83.1 Å². The van der Waals surface area contributed by atoms with Crippen LogP contribution >= 0.6 is 0 Å². The Morgan fingerprint density at radius 1 is 0.663 bits per heavy atom. The Bertz CT molecular complexity index is 2690. The summed E-state index contributed by atoms with van der Waals surface area (Å²) in [5.74, 6) is -15.2. The normalized spacial score (nSPS) is 27.0. The standard InChI is InChI=1S/C56H84F3N11O19/c1-28(2)15-10-8-6-5-7-9-11-16-31-26-38(74)65-40(43(75)52(84)85)47(79)66-39(30(4)72)51(83)69-23-14-19-35(69)50(82)68-22-13-18-34(68)46(78)62-32(17-12-21-60-55-61-29(3)25-37(64-55)56(57,58)59)45(77)63-33(27-71)49(81)70-24-20-36(73)42(70)48(80)67-41(54(88)89-31)44(76)53(86)87/h25,28,30-36,39-44,71-73,75-76H,5-24,26-27H2,1-4H3,(H,62,78)(H,63,77)(H,65,74)(H,66,79)(H,67,80)(H,84,85)(H,86,87)(H,60,61,64)/t30-,31+,32?,33+,34-,35+,36-,39?,40+,41-,42-,43+,44-/m0/s1. The first-order chi connectivity index (χ1) is 41.9. The van der Waals surface area contributed by atoms with E-state index >= 15 is 0 Å². The lowest BCUT2D eigenvalue weighted by Gasteiger charge is -2.34. The summed E-state index contributed by atoms with van der Waals surface area (Å²) in [6.07, 6.45) is -11.1. The lowest BCUT2D eigenvalue weighted by Crippen LogP contribution is -2.63. The van der Waals surface area contributed by atoms with E-state index in [1.54, 1.807) is 0 Å². The first-order valence-electron chi connectivity index (χ1n) is 30.0. The number of nitrogens with one attached hydrogen (secondary N) is 6. The third-order valence-corrected chi connectivity index (χ3v) is 15.9. The lowest BCUT2D eigenvalue weighted by molar-refractivity contribution is -0.165. The molecule has 13 atom stereocenters. The van der Waals surface area contributed by atoms with E-state index in [2.05, 4.69) is 50.4 Å². The minimum absolute atomic E-state index is 0.00716. The fraction of sp³-hybridized carbons (Fsp3) is 0.732. The number of nitrogens with zero attached hydrogens (tertiary/aromatic N) is 5. The van der Waals surface area contributed by atoms with Gasteiger partial charge in [-0.1, -0.05) is 58.8 Å². The highest BCUT2D eigenvalue weighted by Gasteiger charge is 2.49. The Labute approximate surface area is 510 Å². The molecule has 4 fully saturated rings. The molecule has 0 aromatic carbocycles. The van der Waals surface area contributed by atoms with E-state index in [4.69, 9.17) is 4.74 Å². The zero-order chi connectivity index (χ0) is 66.0. The molecule has 30 nitrogen and oxygen atoms in total. The lowest BCUT2D eigenvalue weighted by atomic mass is 10.0. The third kappa shape index (κ3) is 20.3. The molecule has 0 saturated carbocycles. The Hall–Kier alpha value is -7.36. The predicted octanol–water partition coefficient (Wildman–Crippen LogP) is -1.89. The summed E-state index contributed by atoms with van der Waals surface area (Å²) < 4.78 is 46.4. The highest BCUT2D eigenvalue weighted by molar-refractivity contribution is 6.00. The van der Waals surface area contributed by atoms with E-state index in [1.807, 2.05) is 5.32 Å². The van der Waals surface area contributed by atoms with Gasteiger partial charge in [-0.2, -0.15) is 13.2 Å². The number of carbonyl (C=O) groups excluding carboxylic acids is 9. The van der Waals surface area contributed by atoms with E-state index < -0.39 is 181 Å². The molecule has 5 heterocycles. The van der Waals surface area contributed by atoms with Crippen molar-refractivity contribution in [3.8, 4) is 0 Å². The second kappa shape index (κ2) is 33.5. The van der Waals surface area contributed by atoms with Crippen molar-refractivity contribution in [2.45, 2.75) is 222 Å². The first-order valence-corrected chi connectivity index (χ1v) is 30.0. The van der Waals surface area contributed by atoms with Gasteiger partial charge in [-0.25, -0.2) is 24.4 Å². The number of alkyl halides is 3. The molecule has 2 unspecified atom stereocenters. The highest BCUT2D eigenvalue weighted by Crippen LogP contribution is 2.30. The van der Waals surface area contributed by atoms with Gasteiger partial charge >= 0.3 is 24.1 Å². The first kappa shape index (κ1) is 72.4. The molecule has 13 N–H and O–H groups in total. The number of hydrogen-bond acceptors (Lipinski definition) is 20. The number of unbranched alkanes of at least 4 members (excludes halogenated alkanes) is 6. The number of carboxylic acid groups (broad SMARTS) is 2. The van der Waals surface area contributed by atoms with Crippen molar-refractivity contribution >= 4 is 71.1 Å². The molecule has 0 aliphatic carbocycles. The van der Waals surface area contributed by atoms with Crippen molar-refractivity contribution < 1.29 is 106 Å². The smallest absolute Gasteiger partial charge is 0.433 e. The number of cyclic esters (lactones) is 1. The molecule has 8 amide bonds. The number of aliphatic hydroxyl groups excluding tert-OH is 5. The van der Waals surface area contributed by atoms with E-state index in [0.29, 0.717) is 29.7 Å². The van der Waals surface area contributed by atoms with Gasteiger partial charge in [0.1, 0.15) is 54.1 Å². The molecule has 4 saturated heterocycles. The van der Waals surface area contributed by atoms with Crippen LogP contribution in [0.25, 0.3) is 0 Å². The van der Waals surface area contributed by atoms with E-state index in [0.717, 1.165) is 48.8 Å². The maximum atomic E-state index is 14.5. The number of aliphatic hydroxyl groups is 5. The Kier molecular flexibility index (Phi) is 27.2. The molecule has 89 heavy (non-hydrogen) atoms. The summed E-state index contributed by atoms with van der Waals surface area (Å²) >= 11 is 0. The highest BCUT2D eigenvalue weighted by atomic mass is 19.4. The van der Waals surface area contributed by atoms with Gasteiger partial charge in [0.05, 0.1) is 25.2 Å². The fourth-order valence-corrected chi connectivity index (χ4v) is 11.2. The second-order valence-electron chi connectivity index (χ2n) is 23.3. The average molecular weight is 1270 g/mol. The van der Waals surface area contributed by atoms with Crippen LogP contribution < -0.4 is 31.9 Å². The largest absolute Gasteiger partial charge is 0.479 e.